The number of carbonyl (C=O) groups excluding carboxylic acids is 1. The van der Waals surface area contributed by atoms with E-state index in [1.54, 1.807) is 0 Å². The molecule has 1 unspecified atom stereocenters. The molecule has 1 atom stereocenters. The van der Waals surface area contributed by atoms with Gasteiger partial charge in [-0.3, -0.25) is 4.79 Å². The normalized spacial score (nSPS) is 12.4. The third-order valence-electron chi connectivity index (χ3n) is 2.26. The van der Waals surface area contributed by atoms with E-state index < -0.39 is 18.3 Å². The topological polar surface area (TPSA) is 38.3 Å². The maximum absolute atomic E-state index is 11.9. The van der Waals surface area contributed by atoms with Gasteiger partial charge < -0.3 is 10.1 Å². The molecular formula is C13H12F3NO2. The molecular weight excluding hydrogens is 259 g/mol. The van der Waals surface area contributed by atoms with Crippen LogP contribution < -0.4 is 10.1 Å². The summed E-state index contributed by atoms with van der Waals surface area (Å²) >= 11 is 0. The summed E-state index contributed by atoms with van der Waals surface area (Å²) in [5.74, 6) is 1.57. The molecule has 0 saturated heterocycles. The Morgan fingerprint density at radius 1 is 1.42 bits per heavy atom. The van der Waals surface area contributed by atoms with Crippen LogP contribution in [0.5, 0.6) is 5.75 Å². The first-order chi connectivity index (χ1) is 8.85. The number of hydrogen-bond acceptors (Lipinski definition) is 2. The lowest BCUT2D eigenvalue weighted by molar-refractivity contribution is -0.274. The molecule has 0 aliphatic rings. The Hall–Kier alpha value is -2.16. The minimum Gasteiger partial charge on any atom is -0.406 e. The van der Waals surface area contributed by atoms with Crippen molar-refractivity contribution in [1.29, 1.82) is 0 Å². The Labute approximate surface area is 108 Å². The van der Waals surface area contributed by atoms with Gasteiger partial charge in [0.15, 0.2) is 0 Å². The zero-order chi connectivity index (χ0) is 14.5. The fourth-order valence-corrected chi connectivity index (χ4v) is 1.31. The monoisotopic (exact) mass is 271 g/mol. The smallest absolute Gasteiger partial charge is 0.406 e. The van der Waals surface area contributed by atoms with Gasteiger partial charge in [-0.2, -0.15) is 0 Å². The second kappa shape index (κ2) is 6.14. The molecule has 0 bridgehead atoms. The highest BCUT2D eigenvalue weighted by Crippen LogP contribution is 2.22. The molecule has 1 aromatic carbocycles. The second-order valence-electron chi connectivity index (χ2n) is 3.67. The van der Waals surface area contributed by atoms with Crippen molar-refractivity contribution in [3.8, 4) is 18.1 Å². The number of rotatable bonds is 4. The average Bonchev–Trinajstić information content (AvgIpc) is 2.34. The van der Waals surface area contributed by atoms with Crippen molar-refractivity contribution in [2.75, 3.05) is 0 Å². The minimum atomic E-state index is -4.75. The molecule has 1 rings (SSSR count). The van der Waals surface area contributed by atoms with Gasteiger partial charge in [0.05, 0.1) is 6.04 Å². The summed E-state index contributed by atoms with van der Waals surface area (Å²) in [4.78, 5) is 11.7. The molecule has 0 heterocycles. The number of hydrogen-bond donors (Lipinski definition) is 1. The van der Waals surface area contributed by atoms with Crippen molar-refractivity contribution in [2.45, 2.75) is 25.7 Å². The van der Waals surface area contributed by atoms with E-state index in [1.807, 2.05) is 6.92 Å². The SMILES string of the molecule is C#CC(CC)NC(=O)c1ccc(OC(F)(F)F)cc1. The molecule has 1 aromatic rings. The molecule has 3 nitrogen and oxygen atoms in total. The predicted molar refractivity (Wildman–Crippen MR) is 63.5 cm³/mol. The fraction of sp³-hybridized carbons (Fsp3) is 0.308. The van der Waals surface area contributed by atoms with E-state index in [9.17, 15) is 18.0 Å². The molecule has 0 radical (unpaired) electrons. The Bertz CT molecular complexity index is 474. The summed E-state index contributed by atoms with van der Waals surface area (Å²) in [6.45, 7) is 1.81. The van der Waals surface area contributed by atoms with E-state index in [-0.39, 0.29) is 11.3 Å². The Morgan fingerprint density at radius 2 is 2.00 bits per heavy atom. The van der Waals surface area contributed by atoms with Crippen LogP contribution in [0, 0.1) is 12.3 Å². The molecule has 0 aromatic heterocycles. The molecule has 0 aliphatic heterocycles. The van der Waals surface area contributed by atoms with Crippen LogP contribution in [0.25, 0.3) is 0 Å². The predicted octanol–water partition coefficient (Wildman–Crippen LogP) is 2.73. The number of alkyl halides is 3. The number of carbonyl (C=O) groups is 1. The fourth-order valence-electron chi connectivity index (χ4n) is 1.31. The van der Waals surface area contributed by atoms with E-state index in [2.05, 4.69) is 16.0 Å². The van der Waals surface area contributed by atoms with E-state index in [1.165, 1.54) is 12.1 Å². The van der Waals surface area contributed by atoms with Gasteiger partial charge >= 0.3 is 6.36 Å². The van der Waals surface area contributed by atoms with Crippen molar-refractivity contribution < 1.29 is 22.7 Å². The van der Waals surface area contributed by atoms with Crippen LogP contribution in [0.3, 0.4) is 0 Å². The molecule has 1 N–H and O–H groups in total. The van der Waals surface area contributed by atoms with E-state index in [0.717, 1.165) is 12.1 Å². The number of amides is 1. The third kappa shape index (κ3) is 4.92. The van der Waals surface area contributed by atoms with Crippen molar-refractivity contribution >= 4 is 5.91 Å². The lowest BCUT2D eigenvalue weighted by Crippen LogP contribution is -2.33. The molecule has 0 fully saturated rings. The first-order valence-electron chi connectivity index (χ1n) is 5.48. The largest absolute Gasteiger partial charge is 0.573 e. The van der Waals surface area contributed by atoms with E-state index in [0.29, 0.717) is 6.42 Å². The summed E-state index contributed by atoms with van der Waals surface area (Å²) in [5.41, 5.74) is 0.211. The van der Waals surface area contributed by atoms with Crippen LogP contribution in [0.15, 0.2) is 24.3 Å². The van der Waals surface area contributed by atoms with E-state index >= 15 is 0 Å². The number of ether oxygens (including phenoxy) is 1. The second-order valence-corrected chi connectivity index (χ2v) is 3.67. The Morgan fingerprint density at radius 3 is 2.42 bits per heavy atom. The van der Waals surface area contributed by atoms with Gasteiger partial charge in [0.2, 0.25) is 0 Å². The van der Waals surface area contributed by atoms with Gasteiger partial charge in [-0.25, -0.2) is 0 Å². The van der Waals surface area contributed by atoms with Crippen molar-refractivity contribution in [2.24, 2.45) is 0 Å². The zero-order valence-corrected chi connectivity index (χ0v) is 10.1. The summed E-state index contributed by atoms with van der Waals surface area (Å²) < 4.78 is 39.5. The highest BCUT2D eigenvalue weighted by molar-refractivity contribution is 5.94. The van der Waals surface area contributed by atoms with Crippen LogP contribution in [-0.2, 0) is 0 Å². The number of halogens is 3. The Kier molecular flexibility index (Phi) is 4.81. The Balaban J connectivity index is 2.71. The molecule has 102 valence electrons. The molecule has 0 saturated carbocycles. The summed E-state index contributed by atoms with van der Waals surface area (Å²) in [5, 5.41) is 2.56. The first kappa shape index (κ1) is 14.9. The number of terminal acetylenes is 1. The van der Waals surface area contributed by atoms with Crippen LogP contribution in [0.4, 0.5) is 13.2 Å². The van der Waals surface area contributed by atoms with Crippen molar-refractivity contribution in [3.63, 3.8) is 0 Å². The van der Waals surface area contributed by atoms with E-state index in [4.69, 9.17) is 6.42 Å². The number of nitrogens with one attached hydrogen (secondary N) is 1. The zero-order valence-electron chi connectivity index (χ0n) is 10.1. The van der Waals surface area contributed by atoms with Crippen molar-refractivity contribution in [3.05, 3.63) is 29.8 Å². The summed E-state index contributed by atoms with van der Waals surface area (Å²) in [6.07, 6.45) is 1.01. The van der Waals surface area contributed by atoms with Crippen LogP contribution in [0.2, 0.25) is 0 Å². The van der Waals surface area contributed by atoms with Crippen molar-refractivity contribution in [1.82, 2.24) is 5.32 Å². The highest BCUT2D eigenvalue weighted by Gasteiger charge is 2.31. The van der Waals surface area contributed by atoms with Gasteiger partial charge in [-0.1, -0.05) is 12.8 Å². The molecule has 6 heteroatoms. The average molecular weight is 271 g/mol. The van der Waals surface area contributed by atoms with Gasteiger partial charge in [0.1, 0.15) is 5.75 Å². The maximum atomic E-state index is 11.9. The van der Waals surface area contributed by atoms with Gasteiger partial charge in [-0.05, 0) is 30.7 Å². The lowest BCUT2D eigenvalue weighted by atomic mass is 10.1. The molecule has 1 amide bonds. The minimum absolute atomic E-state index is 0.211. The van der Waals surface area contributed by atoms with Crippen LogP contribution in [-0.4, -0.2) is 18.3 Å². The lowest BCUT2D eigenvalue weighted by Gasteiger charge is -2.11. The summed E-state index contributed by atoms with van der Waals surface area (Å²) in [6, 6.07) is 4.20. The van der Waals surface area contributed by atoms with Gasteiger partial charge in [0, 0.05) is 5.56 Å². The highest BCUT2D eigenvalue weighted by atomic mass is 19.4. The van der Waals surface area contributed by atoms with Gasteiger partial charge in [-0.15, -0.1) is 19.6 Å². The third-order valence-corrected chi connectivity index (χ3v) is 2.26. The maximum Gasteiger partial charge on any atom is 0.573 e. The standard InChI is InChI=1S/C13H12F3NO2/c1-3-10(4-2)17-12(18)9-5-7-11(8-6-9)19-13(14,15)16/h1,5-8,10H,4H2,2H3,(H,17,18). The molecule has 0 aliphatic carbocycles. The summed E-state index contributed by atoms with van der Waals surface area (Å²) in [7, 11) is 0. The first-order valence-corrected chi connectivity index (χ1v) is 5.48. The molecule has 0 spiro atoms. The quantitative estimate of drug-likeness (QED) is 0.855. The van der Waals surface area contributed by atoms with Crippen LogP contribution >= 0.6 is 0 Å². The number of benzene rings is 1. The molecule has 19 heavy (non-hydrogen) atoms. The van der Waals surface area contributed by atoms with Crippen LogP contribution in [0.1, 0.15) is 23.7 Å². The van der Waals surface area contributed by atoms with Gasteiger partial charge in [0.25, 0.3) is 5.91 Å².